The van der Waals surface area contributed by atoms with Crippen LogP contribution < -0.4 is 0 Å². The van der Waals surface area contributed by atoms with Gasteiger partial charge in [0, 0.05) is 19.3 Å². The van der Waals surface area contributed by atoms with Crippen molar-refractivity contribution in [3.05, 3.63) is 84.6 Å². The van der Waals surface area contributed by atoms with Crippen molar-refractivity contribution in [2.24, 2.45) is 11.8 Å². The molecule has 20 N–H and O–H groups in total. The van der Waals surface area contributed by atoms with E-state index in [1.165, 1.54) is 12.2 Å². The van der Waals surface area contributed by atoms with Crippen molar-refractivity contribution in [2.45, 2.75) is 258 Å². The first kappa shape index (κ1) is 78.3. The van der Waals surface area contributed by atoms with Crippen LogP contribution in [0.15, 0.2) is 84.6 Å². The summed E-state index contributed by atoms with van der Waals surface area (Å²) in [6, 6.07) is 0. The fraction of sp³-hybridized carbons (Fsp3) is 0.763. The quantitative estimate of drug-likeness (QED) is 0.0145. The maximum atomic E-state index is 11.2. The highest BCUT2D eigenvalue weighted by molar-refractivity contribution is 7.80. The maximum absolute atomic E-state index is 11.2. The smallest absolute Gasteiger partial charge is 0.394 e. The summed E-state index contributed by atoms with van der Waals surface area (Å²) in [6.07, 6.45) is -11.5. The molecule has 24 unspecified atom stereocenters. The van der Waals surface area contributed by atoms with E-state index in [0.717, 1.165) is 0 Å². The summed E-state index contributed by atoms with van der Waals surface area (Å²) >= 11 is 0. The van der Waals surface area contributed by atoms with Crippen molar-refractivity contribution < 1.29 is 124 Å². The molecule has 0 radical (unpaired) electrons. The molecule has 26 heteroatoms. The SMILES string of the molecule is C=C(CCC(O)C1CC(O)C(O)C(C(O)C(O)C=C(C)CCC(O)CC(O)C(O)C(C)CC(O)C(O)CC(C)CCC=CCC(CO)OS(=O)(=O)O)O1)C(O)C(O)C1CC(O)C(O)C(C(O)C(O)C=CCCC=CC=CC=CCCC(O)CO)O1. The third kappa shape index (κ3) is 29.6. The zero-order valence-corrected chi connectivity index (χ0v) is 49.9. The van der Waals surface area contributed by atoms with Gasteiger partial charge in [-0.15, -0.1) is 0 Å². The van der Waals surface area contributed by atoms with Crippen LogP contribution in [0.3, 0.4) is 0 Å². The molecule has 25 nitrogen and oxygen atoms in total. The van der Waals surface area contributed by atoms with Crippen LogP contribution in [0.4, 0.5) is 0 Å². The minimum Gasteiger partial charge on any atom is -0.394 e. The van der Waals surface area contributed by atoms with Gasteiger partial charge >= 0.3 is 10.4 Å². The van der Waals surface area contributed by atoms with Crippen molar-refractivity contribution in [1.29, 1.82) is 0 Å². The fourth-order valence-corrected chi connectivity index (χ4v) is 10.5. The van der Waals surface area contributed by atoms with E-state index < -0.39 is 157 Å². The molecule has 0 spiro atoms. The van der Waals surface area contributed by atoms with Crippen LogP contribution in [0, 0.1) is 11.8 Å². The highest BCUT2D eigenvalue weighted by Gasteiger charge is 2.47. The van der Waals surface area contributed by atoms with E-state index in [-0.39, 0.29) is 82.3 Å². The predicted octanol–water partition coefficient (Wildman–Crippen LogP) is -1.37. The van der Waals surface area contributed by atoms with Crippen LogP contribution in [-0.2, 0) is 24.1 Å². The molecule has 494 valence electrons. The van der Waals surface area contributed by atoms with E-state index in [4.69, 9.17) is 19.1 Å². The summed E-state index contributed by atoms with van der Waals surface area (Å²) in [5.74, 6) is -0.773. The average molecular weight is 1240 g/mol. The standard InChI is InChI=1S/C59H102O25S/c1-34(18-14-13-16-20-40(33-61)84-85(79,80)81)26-43(66)44(67)28-37(4)51(72)46(69)29-38(62)24-22-35(2)27-45(68)54(75)59-55(76)47(70)30-49(82-59)41(64)25-23-36(3)52(73)57(78)50-31-48(71)56(77)58(83-50)53(74)42(65)21-17-12-10-8-6-5-7-9-11-15-19-39(63)32-60/h5-9,11,13,16-17,21,27,34,37-78H,3,10,12,14-15,18-20,22-26,28-33H2,1-2,4H3,(H,79,80,81). The summed E-state index contributed by atoms with van der Waals surface area (Å²) in [5, 5.41) is 201. The molecule has 0 amide bonds. The normalized spacial score (nSPS) is 28.0. The highest BCUT2D eigenvalue weighted by Crippen LogP contribution is 2.32. The van der Waals surface area contributed by atoms with Gasteiger partial charge in [0.1, 0.15) is 67.1 Å². The van der Waals surface area contributed by atoms with E-state index in [0.29, 0.717) is 44.1 Å². The largest absolute Gasteiger partial charge is 0.397 e. The molecule has 0 saturated carbocycles. The van der Waals surface area contributed by atoms with Gasteiger partial charge < -0.3 is 106 Å². The second-order valence-electron chi connectivity index (χ2n) is 23.0. The van der Waals surface area contributed by atoms with Gasteiger partial charge in [-0.2, -0.15) is 8.42 Å². The molecule has 2 aliphatic heterocycles. The number of ether oxygens (including phenoxy) is 2. The Bertz CT molecular complexity index is 2140. The van der Waals surface area contributed by atoms with Crippen LogP contribution in [0.1, 0.15) is 124 Å². The predicted molar refractivity (Wildman–Crippen MR) is 311 cm³/mol. The number of allylic oxidation sites excluding steroid dienone is 9. The van der Waals surface area contributed by atoms with Crippen LogP contribution in [0.25, 0.3) is 0 Å². The zero-order valence-electron chi connectivity index (χ0n) is 49.0. The second kappa shape index (κ2) is 40.8. The third-order valence-corrected chi connectivity index (χ3v) is 16.0. The first-order chi connectivity index (χ1) is 39.9. The number of rotatable bonds is 42. The Hall–Kier alpha value is -2.79. The van der Waals surface area contributed by atoms with E-state index in [9.17, 15) is 100 Å². The Labute approximate surface area is 499 Å². The first-order valence-corrected chi connectivity index (χ1v) is 30.7. The summed E-state index contributed by atoms with van der Waals surface area (Å²) in [4.78, 5) is 0. The summed E-state index contributed by atoms with van der Waals surface area (Å²) in [7, 11) is -4.72. The third-order valence-electron chi connectivity index (χ3n) is 15.4. The minimum absolute atomic E-state index is 0.0108. The van der Waals surface area contributed by atoms with Gasteiger partial charge in [0.25, 0.3) is 0 Å². The van der Waals surface area contributed by atoms with E-state index in [1.807, 2.05) is 31.2 Å². The lowest BCUT2D eigenvalue weighted by molar-refractivity contribution is -0.234. The van der Waals surface area contributed by atoms with Crippen LogP contribution in [-0.4, -0.2) is 257 Å². The maximum Gasteiger partial charge on any atom is 0.397 e. The van der Waals surface area contributed by atoms with Crippen molar-refractivity contribution in [2.75, 3.05) is 13.2 Å². The molecule has 2 fully saturated rings. The van der Waals surface area contributed by atoms with Gasteiger partial charge in [0.15, 0.2) is 0 Å². The summed E-state index contributed by atoms with van der Waals surface area (Å²) in [5.41, 5.74) is 0.449. The van der Waals surface area contributed by atoms with Gasteiger partial charge in [-0.05, 0) is 108 Å². The van der Waals surface area contributed by atoms with Crippen molar-refractivity contribution in [3.63, 3.8) is 0 Å². The first-order valence-electron chi connectivity index (χ1n) is 29.3. The molecular weight excluding hydrogens is 1140 g/mol. The van der Waals surface area contributed by atoms with Crippen molar-refractivity contribution in [3.8, 4) is 0 Å². The molecule has 2 aliphatic rings. The Kier molecular flexibility index (Phi) is 37.6. The number of aliphatic hydroxyl groups excluding tert-OH is 19. The monoisotopic (exact) mass is 1240 g/mol. The Balaban J connectivity index is 1.85. The van der Waals surface area contributed by atoms with Gasteiger partial charge in [0.05, 0.1) is 80.4 Å². The lowest BCUT2D eigenvalue weighted by atomic mass is 9.86. The van der Waals surface area contributed by atoms with Gasteiger partial charge in [-0.3, -0.25) is 4.55 Å². The molecule has 2 saturated heterocycles. The van der Waals surface area contributed by atoms with Crippen LogP contribution in [0.2, 0.25) is 0 Å². The van der Waals surface area contributed by atoms with Crippen LogP contribution in [0.5, 0.6) is 0 Å². The molecule has 2 rings (SSSR count). The Morgan fingerprint density at radius 1 is 0.600 bits per heavy atom. The van der Waals surface area contributed by atoms with E-state index in [1.54, 1.807) is 44.2 Å². The second-order valence-corrected chi connectivity index (χ2v) is 24.0. The summed E-state index contributed by atoms with van der Waals surface area (Å²) in [6.45, 7) is 7.90. The van der Waals surface area contributed by atoms with Crippen LogP contribution >= 0.6 is 0 Å². The molecule has 0 aliphatic carbocycles. The lowest BCUT2D eigenvalue weighted by Gasteiger charge is -2.42. The van der Waals surface area contributed by atoms with E-state index in [2.05, 4.69) is 10.8 Å². The summed E-state index contributed by atoms with van der Waals surface area (Å²) < 4.78 is 46.4. The highest BCUT2D eigenvalue weighted by atomic mass is 32.3. The minimum atomic E-state index is -4.72. The Morgan fingerprint density at radius 3 is 1.75 bits per heavy atom. The van der Waals surface area contributed by atoms with Crippen molar-refractivity contribution >= 4 is 10.4 Å². The molecule has 85 heavy (non-hydrogen) atoms. The molecule has 24 atom stereocenters. The van der Waals surface area contributed by atoms with Gasteiger partial charge in [0.2, 0.25) is 0 Å². The fourth-order valence-electron chi connectivity index (χ4n) is 10.0. The average Bonchev–Trinajstić information content (AvgIpc) is 2.55. The Morgan fingerprint density at radius 2 is 1.15 bits per heavy atom. The van der Waals surface area contributed by atoms with Gasteiger partial charge in [-0.1, -0.05) is 92.8 Å². The molecule has 0 aromatic rings. The number of aliphatic hydroxyl groups is 19. The lowest BCUT2D eigenvalue weighted by Crippen LogP contribution is -2.59. The number of unbranched alkanes of at least 4 members (excludes halogenated alkanes) is 1. The molecule has 0 aromatic carbocycles. The van der Waals surface area contributed by atoms with Gasteiger partial charge in [-0.25, -0.2) is 4.18 Å². The topological polar surface area (TPSA) is 466 Å². The van der Waals surface area contributed by atoms with E-state index >= 15 is 0 Å². The molecular formula is C59H102O25S. The zero-order chi connectivity index (χ0) is 64.1. The van der Waals surface area contributed by atoms with Crippen molar-refractivity contribution in [1.82, 2.24) is 0 Å². The molecule has 2 heterocycles. The molecule has 0 aromatic heterocycles. The number of hydrogen-bond donors (Lipinski definition) is 20. The number of hydrogen-bond acceptors (Lipinski definition) is 24. The molecule has 0 bridgehead atoms.